The molecule has 1 aromatic rings. The summed E-state index contributed by atoms with van der Waals surface area (Å²) in [6, 6.07) is 9.36. The summed E-state index contributed by atoms with van der Waals surface area (Å²) in [5.41, 5.74) is 3.12. The lowest BCUT2D eigenvalue weighted by Crippen LogP contribution is -2.36. The quantitative estimate of drug-likeness (QED) is 0.883. The van der Waals surface area contributed by atoms with Gasteiger partial charge in [0, 0.05) is 18.0 Å². The molecule has 2 heteroatoms. The average Bonchev–Trinajstić information content (AvgIpc) is 2.88. The van der Waals surface area contributed by atoms with Crippen LogP contribution in [0.15, 0.2) is 24.3 Å². The van der Waals surface area contributed by atoms with Gasteiger partial charge in [-0.3, -0.25) is 0 Å². The van der Waals surface area contributed by atoms with Gasteiger partial charge in [-0.1, -0.05) is 44.0 Å². The Bertz CT molecular complexity index is 433. The highest BCUT2D eigenvalue weighted by Gasteiger charge is 2.38. The summed E-state index contributed by atoms with van der Waals surface area (Å²) in [7, 11) is 0. The number of rotatable bonds is 2. The predicted molar refractivity (Wildman–Crippen MR) is 82.9 cm³/mol. The molecule has 2 fully saturated rings. The van der Waals surface area contributed by atoms with Crippen LogP contribution in [0.25, 0.3) is 0 Å². The third-order valence-electron chi connectivity index (χ3n) is 5.20. The molecule has 0 aromatic heterocycles. The van der Waals surface area contributed by atoms with E-state index in [1.807, 2.05) is 0 Å². The summed E-state index contributed by atoms with van der Waals surface area (Å²) in [5, 5.41) is 3.73. The fraction of sp³-hybridized carbons (Fsp3) is 0.667. The molecule has 2 aliphatic rings. The molecule has 0 amide bonds. The second-order valence-electron chi connectivity index (χ2n) is 6.70. The van der Waals surface area contributed by atoms with Crippen LogP contribution in [0.4, 0.5) is 0 Å². The molecule has 2 unspecified atom stereocenters. The summed E-state index contributed by atoms with van der Waals surface area (Å²) >= 11 is 0. The summed E-state index contributed by atoms with van der Waals surface area (Å²) in [4.78, 5) is 0. The summed E-state index contributed by atoms with van der Waals surface area (Å²) in [6.07, 6.45) is 6.69. The Kier molecular flexibility index (Phi) is 4.13. The Morgan fingerprint density at radius 1 is 1.20 bits per heavy atom. The van der Waals surface area contributed by atoms with E-state index in [1.54, 1.807) is 0 Å². The molecule has 1 spiro atoms. The lowest BCUT2D eigenvalue weighted by molar-refractivity contribution is 0.00411. The zero-order valence-corrected chi connectivity index (χ0v) is 12.8. The van der Waals surface area contributed by atoms with Crippen molar-refractivity contribution in [2.24, 2.45) is 5.41 Å². The van der Waals surface area contributed by atoms with Gasteiger partial charge < -0.3 is 10.1 Å². The normalized spacial score (nSPS) is 29.5. The smallest absolute Gasteiger partial charge is 0.0975 e. The van der Waals surface area contributed by atoms with Gasteiger partial charge in [0.25, 0.3) is 0 Å². The monoisotopic (exact) mass is 273 g/mol. The van der Waals surface area contributed by atoms with Crippen molar-refractivity contribution in [2.45, 2.75) is 58.1 Å². The lowest BCUT2D eigenvalue weighted by atomic mass is 9.87. The molecular weight excluding hydrogens is 246 g/mol. The lowest BCUT2D eigenvalue weighted by Gasteiger charge is -2.26. The van der Waals surface area contributed by atoms with Crippen molar-refractivity contribution in [1.29, 1.82) is 0 Å². The molecule has 1 aromatic carbocycles. The van der Waals surface area contributed by atoms with Crippen LogP contribution in [0, 0.1) is 5.41 Å². The zero-order valence-electron chi connectivity index (χ0n) is 12.8. The molecule has 1 aliphatic heterocycles. The van der Waals surface area contributed by atoms with E-state index in [2.05, 4.69) is 43.4 Å². The minimum absolute atomic E-state index is 0.195. The Labute approximate surface area is 122 Å². The highest BCUT2D eigenvalue weighted by atomic mass is 16.5. The molecule has 20 heavy (non-hydrogen) atoms. The van der Waals surface area contributed by atoms with Crippen molar-refractivity contribution >= 4 is 0 Å². The topological polar surface area (TPSA) is 21.3 Å². The molecule has 1 aliphatic carbocycles. The van der Waals surface area contributed by atoms with Crippen molar-refractivity contribution in [3.8, 4) is 0 Å². The highest BCUT2D eigenvalue weighted by molar-refractivity contribution is 5.25. The van der Waals surface area contributed by atoms with E-state index >= 15 is 0 Å². The first-order valence-corrected chi connectivity index (χ1v) is 8.16. The molecule has 3 rings (SSSR count). The zero-order chi connectivity index (χ0) is 14.0. The van der Waals surface area contributed by atoms with E-state index < -0.39 is 0 Å². The molecule has 1 heterocycles. The van der Waals surface area contributed by atoms with Gasteiger partial charge in [0.1, 0.15) is 0 Å². The van der Waals surface area contributed by atoms with Crippen LogP contribution in [-0.2, 0) is 11.2 Å². The first-order valence-electron chi connectivity index (χ1n) is 8.16. The Hall–Kier alpha value is -0.860. The van der Waals surface area contributed by atoms with Crippen molar-refractivity contribution in [3.05, 3.63) is 35.4 Å². The van der Waals surface area contributed by atoms with Gasteiger partial charge in [-0.2, -0.15) is 0 Å². The summed E-state index contributed by atoms with van der Waals surface area (Å²) in [5.74, 6) is 0. The molecular formula is C18H27NO. The van der Waals surface area contributed by atoms with Gasteiger partial charge in [0.05, 0.1) is 12.7 Å². The van der Waals surface area contributed by atoms with Crippen molar-refractivity contribution in [1.82, 2.24) is 5.32 Å². The standard InChI is InChI=1S/C18H27NO/c1-3-15-6-8-16(9-7-15)17-14(2)19-12-18(13-20-17)10-4-5-11-18/h6-9,14,17,19H,3-5,10-13H2,1-2H3. The maximum atomic E-state index is 6.35. The SMILES string of the molecule is CCc1ccc(C2OCC3(CCCC3)CNC2C)cc1. The first kappa shape index (κ1) is 14.1. The Morgan fingerprint density at radius 3 is 2.55 bits per heavy atom. The van der Waals surface area contributed by atoms with E-state index in [4.69, 9.17) is 4.74 Å². The van der Waals surface area contributed by atoms with Crippen molar-refractivity contribution in [2.75, 3.05) is 13.2 Å². The predicted octanol–water partition coefficient (Wildman–Crippen LogP) is 3.86. The fourth-order valence-electron chi connectivity index (χ4n) is 3.72. The number of hydrogen-bond acceptors (Lipinski definition) is 2. The second-order valence-corrected chi connectivity index (χ2v) is 6.70. The Balaban J connectivity index is 1.75. The van der Waals surface area contributed by atoms with Crippen molar-refractivity contribution < 1.29 is 4.74 Å². The van der Waals surface area contributed by atoms with Crippen LogP contribution in [0.3, 0.4) is 0 Å². The van der Waals surface area contributed by atoms with Crippen LogP contribution in [0.1, 0.15) is 56.8 Å². The molecule has 1 saturated carbocycles. The van der Waals surface area contributed by atoms with E-state index in [-0.39, 0.29) is 6.10 Å². The molecule has 2 nitrogen and oxygen atoms in total. The first-order chi connectivity index (χ1) is 9.72. The third-order valence-corrected chi connectivity index (χ3v) is 5.20. The largest absolute Gasteiger partial charge is 0.371 e. The highest BCUT2D eigenvalue weighted by Crippen LogP contribution is 2.41. The minimum atomic E-state index is 0.195. The number of nitrogens with one attached hydrogen (secondary N) is 1. The maximum Gasteiger partial charge on any atom is 0.0975 e. The van der Waals surface area contributed by atoms with Gasteiger partial charge in [0.15, 0.2) is 0 Å². The second kappa shape index (κ2) is 5.87. The van der Waals surface area contributed by atoms with Gasteiger partial charge in [0.2, 0.25) is 0 Å². The maximum absolute atomic E-state index is 6.35. The van der Waals surface area contributed by atoms with Gasteiger partial charge in [-0.15, -0.1) is 0 Å². The minimum Gasteiger partial charge on any atom is -0.371 e. The van der Waals surface area contributed by atoms with Crippen molar-refractivity contribution in [3.63, 3.8) is 0 Å². The molecule has 0 radical (unpaired) electrons. The number of hydrogen-bond donors (Lipinski definition) is 1. The van der Waals surface area contributed by atoms with Gasteiger partial charge in [-0.05, 0) is 37.3 Å². The molecule has 1 saturated heterocycles. The average molecular weight is 273 g/mol. The summed E-state index contributed by atoms with van der Waals surface area (Å²) in [6.45, 7) is 6.50. The number of benzene rings is 1. The molecule has 110 valence electrons. The molecule has 0 bridgehead atoms. The molecule has 1 N–H and O–H groups in total. The number of ether oxygens (including phenoxy) is 1. The Morgan fingerprint density at radius 2 is 1.90 bits per heavy atom. The van der Waals surface area contributed by atoms with Crippen LogP contribution < -0.4 is 5.32 Å². The van der Waals surface area contributed by atoms with Gasteiger partial charge >= 0.3 is 0 Å². The van der Waals surface area contributed by atoms with Gasteiger partial charge in [-0.25, -0.2) is 0 Å². The van der Waals surface area contributed by atoms with E-state index in [0.717, 1.165) is 19.6 Å². The van der Waals surface area contributed by atoms with Crippen LogP contribution >= 0.6 is 0 Å². The van der Waals surface area contributed by atoms with Crippen LogP contribution in [0.2, 0.25) is 0 Å². The van der Waals surface area contributed by atoms with Crippen LogP contribution in [-0.4, -0.2) is 19.2 Å². The van der Waals surface area contributed by atoms with E-state index in [9.17, 15) is 0 Å². The number of aryl methyl sites for hydroxylation is 1. The van der Waals surface area contributed by atoms with E-state index in [0.29, 0.717) is 11.5 Å². The third kappa shape index (κ3) is 2.77. The molecule has 2 atom stereocenters. The van der Waals surface area contributed by atoms with Crippen LogP contribution in [0.5, 0.6) is 0 Å². The van der Waals surface area contributed by atoms with E-state index in [1.165, 1.54) is 36.8 Å². The fourth-order valence-corrected chi connectivity index (χ4v) is 3.72. The summed E-state index contributed by atoms with van der Waals surface area (Å²) < 4.78 is 6.35.